The summed E-state index contributed by atoms with van der Waals surface area (Å²) in [5, 5.41) is 6.19. The lowest BCUT2D eigenvalue weighted by Crippen LogP contribution is -2.50. The maximum absolute atomic E-state index is 12.2. The average Bonchev–Trinajstić information content (AvgIpc) is 2.65. The van der Waals surface area contributed by atoms with Gasteiger partial charge in [0.2, 0.25) is 5.91 Å². The average molecular weight is 255 g/mol. The van der Waals surface area contributed by atoms with Crippen LogP contribution in [0.3, 0.4) is 0 Å². The topological polar surface area (TPSA) is 44.4 Å². The SMILES string of the molecule is CNCC(C)CNC(=O)C(C)N1C(C)CCC1C. The van der Waals surface area contributed by atoms with Gasteiger partial charge in [0.25, 0.3) is 0 Å². The Hall–Kier alpha value is -0.610. The van der Waals surface area contributed by atoms with Gasteiger partial charge < -0.3 is 10.6 Å². The first-order chi connectivity index (χ1) is 8.47. The van der Waals surface area contributed by atoms with Gasteiger partial charge in [-0.15, -0.1) is 0 Å². The van der Waals surface area contributed by atoms with Gasteiger partial charge in [0.1, 0.15) is 0 Å². The molecule has 0 bridgehead atoms. The third-order valence-electron chi connectivity index (χ3n) is 4.02. The normalized spacial score (nSPS) is 28.1. The Labute approximate surface area is 111 Å². The van der Waals surface area contributed by atoms with E-state index in [2.05, 4.69) is 36.3 Å². The van der Waals surface area contributed by atoms with Crippen LogP contribution in [0.2, 0.25) is 0 Å². The molecular weight excluding hydrogens is 226 g/mol. The number of amides is 1. The molecule has 106 valence electrons. The van der Waals surface area contributed by atoms with Gasteiger partial charge in [-0.25, -0.2) is 0 Å². The van der Waals surface area contributed by atoms with Gasteiger partial charge in [0.15, 0.2) is 0 Å². The zero-order valence-corrected chi connectivity index (χ0v) is 12.5. The van der Waals surface area contributed by atoms with Crippen LogP contribution in [0.1, 0.15) is 40.5 Å². The minimum absolute atomic E-state index is 0.0146. The first-order valence-electron chi connectivity index (χ1n) is 7.17. The number of hydrogen-bond acceptors (Lipinski definition) is 3. The van der Waals surface area contributed by atoms with E-state index < -0.39 is 0 Å². The number of hydrogen-bond donors (Lipinski definition) is 2. The van der Waals surface area contributed by atoms with Crippen LogP contribution in [-0.2, 0) is 4.79 Å². The Morgan fingerprint density at radius 1 is 1.22 bits per heavy atom. The monoisotopic (exact) mass is 255 g/mol. The lowest BCUT2D eigenvalue weighted by molar-refractivity contribution is -0.127. The van der Waals surface area contributed by atoms with Crippen molar-refractivity contribution in [3.8, 4) is 0 Å². The van der Waals surface area contributed by atoms with Crippen LogP contribution in [0, 0.1) is 5.92 Å². The molecule has 0 aromatic heterocycles. The Kier molecular flexibility index (Phi) is 6.09. The van der Waals surface area contributed by atoms with E-state index in [4.69, 9.17) is 0 Å². The fourth-order valence-electron chi connectivity index (χ4n) is 2.96. The van der Waals surface area contributed by atoms with E-state index in [-0.39, 0.29) is 11.9 Å². The number of rotatable bonds is 6. The number of likely N-dealkylation sites (tertiary alicyclic amines) is 1. The van der Waals surface area contributed by atoms with E-state index in [9.17, 15) is 4.79 Å². The molecule has 1 amide bonds. The first-order valence-corrected chi connectivity index (χ1v) is 7.17. The fourth-order valence-corrected chi connectivity index (χ4v) is 2.96. The van der Waals surface area contributed by atoms with Gasteiger partial charge in [0.05, 0.1) is 6.04 Å². The van der Waals surface area contributed by atoms with Crippen molar-refractivity contribution in [1.29, 1.82) is 0 Å². The van der Waals surface area contributed by atoms with Crippen LogP contribution in [0.15, 0.2) is 0 Å². The van der Waals surface area contributed by atoms with Crippen molar-refractivity contribution in [1.82, 2.24) is 15.5 Å². The summed E-state index contributed by atoms with van der Waals surface area (Å²) in [4.78, 5) is 14.5. The summed E-state index contributed by atoms with van der Waals surface area (Å²) in [6.45, 7) is 10.3. The van der Waals surface area contributed by atoms with Gasteiger partial charge in [-0.2, -0.15) is 0 Å². The molecule has 1 aliphatic heterocycles. The standard InChI is InChI=1S/C14H29N3O/c1-10(8-15-5)9-16-14(18)13(4)17-11(2)6-7-12(17)3/h10-13,15H,6-9H2,1-5H3,(H,16,18). The van der Waals surface area contributed by atoms with Gasteiger partial charge in [-0.1, -0.05) is 6.92 Å². The highest BCUT2D eigenvalue weighted by atomic mass is 16.2. The van der Waals surface area contributed by atoms with Crippen molar-refractivity contribution in [2.75, 3.05) is 20.1 Å². The predicted octanol–water partition coefficient (Wildman–Crippen LogP) is 1.22. The predicted molar refractivity (Wildman–Crippen MR) is 75.6 cm³/mol. The van der Waals surface area contributed by atoms with E-state index in [1.807, 2.05) is 14.0 Å². The zero-order chi connectivity index (χ0) is 13.7. The largest absolute Gasteiger partial charge is 0.354 e. The Balaban J connectivity index is 2.41. The lowest BCUT2D eigenvalue weighted by atomic mass is 10.1. The number of nitrogens with one attached hydrogen (secondary N) is 2. The van der Waals surface area contributed by atoms with E-state index >= 15 is 0 Å². The molecular formula is C14H29N3O. The van der Waals surface area contributed by atoms with Crippen LogP contribution in [0.25, 0.3) is 0 Å². The highest BCUT2D eigenvalue weighted by molar-refractivity contribution is 5.81. The highest BCUT2D eigenvalue weighted by Gasteiger charge is 2.34. The third-order valence-corrected chi connectivity index (χ3v) is 4.02. The molecule has 2 N–H and O–H groups in total. The number of carbonyl (C=O) groups is 1. The zero-order valence-electron chi connectivity index (χ0n) is 12.5. The lowest BCUT2D eigenvalue weighted by Gasteiger charge is -2.31. The van der Waals surface area contributed by atoms with Crippen LogP contribution in [-0.4, -0.2) is 49.1 Å². The molecule has 0 saturated carbocycles. The quantitative estimate of drug-likeness (QED) is 0.750. The van der Waals surface area contributed by atoms with Crippen LogP contribution in [0.5, 0.6) is 0 Å². The van der Waals surface area contributed by atoms with Crippen LogP contribution in [0.4, 0.5) is 0 Å². The minimum atomic E-state index is -0.0146. The molecule has 0 aromatic carbocycles. The van der Waals surface area contributed by atoms with Crippen molar-refractivity contribution < 1.29 is 4.79 Å². The van der Waals surface area contributed by atoms with Crippen molar-refractivity contribution in [3.63, 3.8) is 0 Å². The molecule has 18 heavy (non-hydrogen) atoms. The van der Waals surface area contributed by atoms with Crippen molar-refractivity contribution in [2.45, 2.75) is 58.7 Å². The summed E-state index contributed by atoms with van der Waals surface area (Å²) in [5.41, 5.74) is 0. The third kappa shape index (κ3) is 3.95. The highest BCUT2D eigenvalue weighted by Crippen LogP contribution is 2.25. The molecule has 4 atom stereocenters. The molecule has 4 heteroatoms. The molecule has 1 fully saturated rings. The van der Waals surface area contributed by atoms with Crippen molar-refractivity contribution in [2.24, 2.45) is 5.92 Å². The second kappa shape index (κ2) is 7.10. The van der Waals surface area contributed by atoms with Gasteiger partial charge in [-0.3, -0.25) is 9.69 Å². The summed E-state index contributed by atoms with van der Waals surface area (Å²) < 4.78 is 0. The maximum atomic E-state index is 12.2. The van der Waals surface area contributed by atoms with E-state index in [1.165, 1.54) is 12.8 Å². The molecule has 1 saturated heterocycles. The van der Waals surface area contributed by atoms with Crippen LogP contribution < -0.4 is 10.6 Å². The summed E-state index contributed by atoms with van der Waals surface area (Å²) in [7, 11) is 1.94. The maximum Gasteiger partial charge on any atom is 0.237 e. The Morgan fingerprint density at radius 3 is 2.28 bits per heavy atom. The number of nitrogens with zero attached hydrogens (tertiary/aromatic N) is 1. The molecule has 0 aromatic rings. The first kappa shape index (κ1) is 15.4. The second-order valence-corrected chi connectivity index (χ2v) is 5.81. The summed E-state index contributed by atoms with van der Waals surface area (Å²) in [6.07, 6.45) is 2.41. The summed E-state index contributed by atoms with van der Waals surface area (Å²) in [5.74, 6) is 0.637. The molecule has 4 nitrogen and oxygen atoms in total. The van der Waals surface area contributed by atoms with Crippen molar-refractivity contribution >= 4 is 5.91 Å². The van der Waals surface area contributed by atoms with E-state index in [0.717, 1.165) is 13.1 Å². The van der Waals surface area contributed by atoms with Crippen LogP contribution >= 0.6 is 0 Å². The summed E-state index contributed by atoms with van der Waals surface area (Å²) >= 11 is 0. The molecule has 0 aliphatic carbocycles. The molecule has 0 radical (unpaired) electrons. The van der Waals surface area contributed by atoms with Gasteiger partial charge >= 0.3 is 0 Å². The molecule has 1 heterocycles. The van der Waals surface area contributed by atoms with Gasteiger partial charge in [0, 0.05) is 18.6 Å². The van der Waals surface area contributed by atoms with E-state index in [0.29, 0.717) is 18.0 Å². The molecule has 4 unspecified atom stereocenters. The Morgan fingerprint density at radius 2 is 1.78 bits per heavy atom. The number of carbonyl (C=O) groups excluding carboxylic acids is 1. The summed E-state index contributed by atoms with van der Waals surface area (Å²) in [6, 6.07) is 1.03. The Bertz CT molecular complexity index is 260. The van der Waals surface area contributed by atoms with E-state index in [1.54, 1.807) is 0 Å². The second-order valence-electron chi connectivity index (χ2n) is 5.81. The smallest absolute Gasteiger partial charge is 0.237 e. The molecule has 0 spiro atoms. The van der Waals surface area contributed by atoms with Crippen molar-refractivity contribution in [3.05, 3.63) is 0 Å². The fraction of sp³-hybridized carbons (Fsp3) is 0.929. The van der Waals surface area contributed by atoms with Gasteiger partial charge in [-0.05, 0) is 53.1 Å². The molecule has 1 rings (SSSR count). The minimum Gasteiger partial charge on any atom is -0.354 e. The molecule has 1 aliphatic rings.